The predicted molar refractivity (Wildman–Crippen MR) is 90.2 cm³/mol. The average molecular weight is 412 g/mol. The summed E-state index contributed by atoms with van der Waals surface area (Å²) in [6, 6.07) is 8.87. The van der Waals surface area contributed by atoms with Crippen LogP contribution in [0.3, 0.4) is 0 Å². The van der Waals surface area contributed by atoms with E-state index in [1.54, 1.807) is 6.92 Å². The third-order valence-electron chi connectivity index (χ3n) is 3.54. The molecule has 0 amide bonds. The van der Waals surface area contributed by atoms with E-state index in [1.165, 1.54) is 13.8 Å². The second-order valence-electron chi connectivity index (χ2n) is 5.48. The van der Waals surface area contributed by atoms with Crippen molar-refractivity contribution in [2.75, 3.05) is 0 Å². The molecule has 1 fully saturated rings. The molecule has 134 valence electrons. The molecule has 1 saturated heterocycles. The van der Waals surface area contributed by atoms with Crippen LogP contribution in [0.15, 0.2) is 35.4 Å². The van der Waals surface area contributed by atoms with E-state index < -0.39 is 41.3 Å². The number of carbonyl (C=O) groups is 2. The molecule has 8 nitrogen and oxygen atoms in total. The van der Waals surface area contributed by atoms with Gasteiger partial charge in [-0.25, -0.2) is 0 Å². The topological polar surface area (TPSA) is 111 Å². The van der Waals surface area contributed by atoms with E-state index in [9.17, 15) is 9.59 Å². The molecule has 5 atom stereocenters. The Bertz CT molecular complexity index is 665. The van der Waals surface area contributed by atoms with Crippen molar-refractivity contribution < 1.29 is 23.8 Å². The quantitative estimate of drug-likeness (QED) is 0.238. The summed E-state index contributed by atoms with van der Waals surface area (Å²) in [7, 11) is 0. The van der Waals surface area contributed by atoms with Crippen LogP contribution < -0.4 is 4.46 Å². The van der Waals surface area contributed by atoms with E-state index in [-0.39, 0.29) is 15.0 Å². The summed E-state index contributed by atoms with van der Waals surface area (Å²) in [4.78, 5) is 25.8. The van der Waals surface area contributed by atoms with E-state index in [1.807, 2.05) is 30.3 Å². The molecule has 1 aromatic rings. The zero-order valence-electron chi connectivity index (χ0n) is 14.1. The summed E-state index contributed by atoms with van der Waals surface area (Å²) in [6.45, 7) is 4.26. The zero-order chi connectivity index (χ0) is 18.4. The molecule has 0 aromatic heterocycles. The number of nitrogens with zero attached hydrogens (tertiary/aromatic N) is 3. The van der Waals surface area contributed by atoms with Crippen molar-refractivity contribution in [1.29, 1.82) is 0 Å². The average Bonchev–Trinajstić information content (AvgIpc) is 2.55. The Morgan fingerprint density at radius 2 is 1.76 bits per heavy atom. The minimum atomic E-state index is -0.892. The van der Waals surface area contributed by atoms with E-state index in [2.05, 4.69) is 10.0 Å². The summed E-state index contributed by atoms with van der Waals surface area (Å²) < 4.78 is 17.7. The van der Waals surface area contributed by atoms with Crippen LogP contribution in [0.4, 0.5) is 0 Å². The van der Waals surface area contributed by atoms with E-state index >= 15 is 0 Å². The van der Waals surface area contributed by atoms with Crippen LogP contribution in [0.2, 0.25) is 0 Å². The molecule has 2 rings (SSSR count). The van der Waals surface area contributed by atoms with Gasteiger partial charge in [-0.1, -0.05) is 0 Å². The van der Waals surface area contributed by atoms with Crippen LogP contribution >= 0.6 is 0 Å². The van der Waals surface area contributed by atoms with Crippen molar-refractivity contribution in [3.63, 3.8) is 0 Å². The van der Waals surface area contributed by atoms with Crippen molar-refractivity contribution in [1.82, 2.24) is 0 Å². The van der Waals surface area contributed by atoms with Crippen LogP contribution in [0.1, 0.15) is 20.8 Å². The first-order valence-electron chi connectivity index (χ1n) is 7.68. The van der Waals surface area contributed by atoms with Gasteiger partial charge in [0.1, 0.15) is 0 Å². The van der Waals surface area contributed by atoms with Gasteiger partial charge >= 0.3 is 151 Å². The molecule has 9 heteroatoms. The summed E-state index contributed by atoms with van der Waals surface area (Å²) in [5.74, 6) is -1.07. The van der Waals surface area contributed by atoms with E-state index in [4.69, 9.17) is 19.7 Å². The maximum atomic E-state index is 11.5. The van der Waals surface area contributed by atoms with Gasteiger partial charge in [0.25, 0.3) is 0 Å². The van der Waals surface area contributed by atoms with Gasteiger partial charge in [-0.15, -0.1) is 0 Å². The number of hydrogen-bond donors (Lipinski definition) is 0. The van der Waals surface area contributed by atoms with Crippen molar-refractivity contribution in [3.05, 3.63) is 40.8 Å². The van der Waals surface area contributed by atoms with Crippen LogP contribution in [-0.4, -0.2) is 56.3 Å². The second kappa shape index (κ2) is 8.87. The molecule has 0 saturated carbocycles. The van der Waals surface area contributed by atoms with E-state index in [0.29, 0.717) is 0 Å². The monoisotopic (exact) mass is 413 g/mol. The Kier molecular flexibility index (Phi) is 6.84. The van der Waals surface area contributed by atoms with Crippen molar-refractivity contribution in [3.8, 4) is 0 Å². The maximum absolute atomic E-state index is 11.5. The van der Waals surface area contributed by atoms with Crippen LogP contribution in [0.25, 0.3) is 10.4 Å². The van der Waals surface area contributed by atoms with Crippen molar-refractivity contribution in [2.24, 2.45) is 5.11 Å². The SMILES string of the molecule is CC(=O)O[C@@H]1[C@@H](OC(C)=O)[C@@H](N=[N+]=[N-])[C@H]([Se]c2ccccc2)O[C@H]1C. The van der Waals surface area contributed by atoms with Crippen molar-refractivity contribution >= 4 is 31.4 Å². The van der Waals surface area contributed by atoms with Gasteiger partial charge in [-0.05, 0) is 0 Å². The van der Waals surface area contributed by atoms with Crippen LogP contribution in [-0.2, 0) is 23.8 Å². The molecule has 0 bridgehead atoms. The Morgan fingerprint density at radius 1 is 1.16 bits per heavy atom. The number of hydrogen-bond acceptors (Lipinski definition) is 6. The summed E-state index contributed by atoms with van der Waals surface area (Å²) >= 11 is -0.187. The molecule has 0 aliphatic carbocycles. The first-order chi connectivity index (χ1) is 11.9. The fourth-order valence-electron chi connectivity index (χ4n) is 2.58. The van der Waals surface area contributed by atoms with Gasteiger partial charge in [0.15, 0.2) is 0 Å². The van der Waals surface area contributed by atoms with Gasteiger partial charge < -0.3 is 0 Å². The number of azide groups is 1. The third-order valence-corrected chi connectivity index (χ3v) is 5.98. The van der Waals surface area contributed by atoms with Gasteiger partial charge in [-0.2, -0.15) is 0 Å². The first kappa shape index (κ1) is 19.3. The Hall–Kier alpha value is -2.05. The molecule has 1 aromatic carbocycles. The predicted octanol–water partition coefficient (Wildman–Crippen LogP) is 1.30. The fourth-order valence-corrected chi connectivity index (χ4v) is 5.02. The number of ether oxygens (including phenoxy) is 3. The second-order valence-corrected chi connectivity index (χ2v) is 7.94. The van der Waals surface area contributed by atoms with E-state index in [0.717, 1.165) is 4.46 Å². The Morgan fingerprint density at radius 3 is 2.32 bits per heavy atom. The standard InChI is InChI=1S/C16H19N3O5Se/c1-9-14(23-10(2)20)15(24-11(3)21)13(18-19-17)16(22-9)25-12-7-5-4-6-8-12/h4-9,13-16H,1-3H3/t9-,13+,14-,15-,16-/m0/s1. The fraction of sp³-hybridized carbons (Fsp3) is 0.500. The zero-order valence-corrected chi connectivity index (χ0v) is 15.8. The minimum absolute atomic E-state index is 0.187. The molecule has 0 N–H and O–H groups in total. The van der Waals surface area contributed by atoms with Gasteiger partial charge in [0, 0.05) is 0 Å². The number of benzene rings is 1. The molecular weight excluding hydrogens is 393 g/mol. The van der Waals surface area contributed by atoms with Crippen LogP contribution in [0.5, 0.6) is 0 Å². The Labute approximate surface area is 151 Å². The van der Waals surface area contributed by atoms with Gasteiger partial charge in [0.2, 0.25) is 0 Å². The number of rotatable bonds is 5. The summed E-state index contributed by atoms with van der Waals surface area (Å²) in [5, 5.41) is 3.34. The van der Waals surface area contributed by atoms with Gasteiger partial charge in [-0.3, -0.25) is 0 Å². The first-order valence-corrected chi connectivity index (χ1v) is 9.52. The third kappa shape index (κ3) is 5.21. The van der Waals surface area contributed by atoms with Crippen LogP contribution in [0, 0.1) is 0 Å². The van der Waals surface area contributed by atoms with Crippen molar-refractivity contribution in [2.45, 2.75) is 50.1 Å². The molecule has 1 aliphatic heterocycles. The molecule has 0 radical (unpaired) electrons. The summed E-state index contributed by atoms with van der Waals surface area (Å²) in [6.07, 6.45) is -2.23. The molecule has 25 heavy (non-hydrogen) atoms. The number of carbonyl (C=O) groups excluding carboxylic acids is 2. The Balaban J connectivity index is 2.32. The summed E-state index contributed by atoms with van der Waals surface area (Å²) in [5.41, 5.74) is 8.95. The molecule has 0 unspecified atom stereocenters. The molecule has 1 aliphatic rings. The molecule has 1 heterocycles. The number of esters is 2. The normalized spacial score (nSPS) is 28.5. The van der Waals surface area contributed by atoms with Gasteiger partial charge in [0.05, 0.1) is 0 Å². The molecule has 0 spiro atoms. The molecular formula is C16H19N3O5Se.